The van der Waals surface area contributed by atoms with E-state index >= 15 is 0 Å². The summed E-state index contributed by atoms with van der Waals surface area (Å²) < 4.78 is 27.9. The van der Waals surface area contributed by atoms with Crippen molar-refractivity contribution in [3.05, 3.63) is 96.6 Å². The summed E-state index contributed by atoms with van der Waals surface area (Å²) in [7, 11) is -3.90. The molecule has 0 aliphatic carbocycles. The molecule has 0 aliphatic heterocycles. The number of rotatable bonds is 9. The van der Waals surface area contributed by atoms with E-state index in [4.69, 9.17) is 0 Å². The second-order valence-corrected chi connectivity index (χ2v) is 9.68. The van der Waals surface area contributed by atoms with Crippen molar-refractivity contribution in [3.8, 4) is 0 Å². The number of carbonyl (C=O) groups is 1. The molecule has 6 heteroatoms. The van der Waals surface area contributed by atoms with Crippen LogP contribution in [0.4, 0.5) is 5.69 Å². The average Bonchev–Trinajstić information content (AvgIpc) is 2.78. The van der Waals surface area contributed by atoms with Crippen molar-refractivity contribution in [1.82, 2.24) is 5.32 Å². The molecule has 0 aromatic heterocycles. The Bertz CT molecular complexity index is 1070. The number of hydrogen-bond acceptors (Lipinski definition) is 3. The van der Waals surface area contributed by atoms with E-state index in [2.05, 4.69) is 19.2 Å². The second kappa shape index (κ2) is 10.3. The van der Waals surface area contributed by atoms with E-state index in [-0.39, 0.29) is 23.4 Å². The van der Waals surface area contributed by atoms with Crippen LogP contribution in [0.3, 0.4) is 0 Å². The van der Waals surface area contributed by atoms with Gasteiger partial charge in [-0.15, -0.1) is 0 Å². The maximum atomic E-state index is 13.3. The minimum absolute atomic E-state index is 0.147. The van der Waals surface area contributed by atoms with Gasteiger partial charge < -0.3 is 5.32 Å². The highest BCUT2D eigenvalue weighted by atomic mass is 32.2. The van der Waals surface area contributed by atoms with Crippen molar-refractivity contribution < 1.29 is 13.2 Å². The third kappa shape index (κ3) is 5.95. The fraction of sp³-hybridized carbons (Fsp3) is 0.240. The number of hydrogen-bond donors (Lipinski definition) is 1. The summed E-state index contributed by atoms with van der Waals surface area (Å²) in [4.78, 5) is 13.2. The fourth-order valence-electron chi connectivity index (χ4n) is 3.43. The first-order valence-electron chi connectivity index (χ1n) is 10.3. The molecule has 1 N–H and O–H groups in total. The standard InChI is InChI=1S/C25H28N2O3S/c1-20(2)18-24(21-12-6-3-7-13-21)26-25(28)19-27(22-14-8-4-9-15-22)31(29,30)23-16-10-5-11-17-23/h3-17,20,24H,18-19H2,1-2H3,(H,26,28). The molecule has 0 aliphatic rings. The normalized spacial score (nSPS) is 12.4. The van der Waals surface area contributed by atoms with Gasteiger partial charge in [-0.25, -0.2) is 8.42 Å². The Kier molecular flexibility index (Phi) is 7.47. The van der Waals surface area contributed by atoms with Crippen molar-refractivity contribution in [2.45, 2.75) is 31.2 Å². The third-order valence-corrected chi connectivity index (χ3v) is 6.69. The number of benzene rings is 3. The van der Waals surface area contributed by atoms with Gasteiger partial charge in [-0.1, -0.05) is 80.6 Å². The van der Waals surface area contributed by atoms with Crippen molar-refractivity contribution in [3.63, 3.8) is 0 Å². The first-order chi connectivity index (χ1) is 14.9. The van der Waals surface area contributed by atoms with Crippen LogP contribution in [0.1, 0.15) is 31.9 Å². The minimum Gasteiger partial charge on any atom is -0.348 e. The van der Waals surface area contributed by atoms with Crippen LogP contribution in [-0.4, -0.2) is 20.9 Å². The molecular formula is C25H28N2O3S. The molecule has 0 radical (unpaired) electrons. The predicted octanol–water partition coefficient (Wildman–Crippen LogP) is 4.79. The summed E-state index contributed by atoms with van der Waals surface area (Å²) in [5, 5.41) is 3.04. The molecule has 0 spiro atoms. The molecule has 3 aromatic carbocycles. The number of carbonyl (C=O) groups excluding carboxylic acids is 1. The molecule has 3 aromatic rings. The summed E-state index contributed by atoms with van der Waals surface area (Å²) in [6.07, 6.45) is 0.756. The van der Waals surface area contributed by atoms with E-state index in [1.807, 2.05) is 36.4 Å². The van der Waals surface area contributed by atoms with E-state index in [0.29, 0.717) is 11.6 Å². The lowest BCUT2D eigenvalue weighted by Gasteiger charge is -2.26. The average molecular weight is 437 g/mol. The zero-order chi connectivity index (χ0) is 22.3. The number of amides is 1. The number of nitrogens with zero attached hydrogens (tertiary/aromatic N) is 1. The maximum Gasteiger partial charge on any atom is 0.264 e. The summed E-state index contributed by atoms with van der Waals surface area (Å²) in [5.74, 6) is 0.0154. The lowest BCUT2D eigenvalue weighted by atomic mass is 9.97. The van der Waals surface area contributed by atoms with Crippen molar-refractivity contribution in [1.29, 1.82) is 0 Å². The molecule has 0 saturated carbocycles. The molecule has 0 saturated heterocycles. The quantitative estimate of drug-likeness (QED) is 0.525. The molecule has 5 nitrogen and oxygen atoms in total. The maximum absolute atomic E-state index is 13.3. The molecule has 1 atom stereocenters. The SMILES string of the molecule is CC(C)CC(NC(=O)CN(c1ccccc1)S(=O)(=O)c1ccccc1)c1ccccc1. The van der Waals surface area contributed by atoms with Gasteiger partial charge in [0, 0.05) is 0 Å². The molecule has 1 amide bonds. The Balaban J connectivity index is 1.88. The molecule has 0 fully saturated rings. The van der Waals surface area contributed by atoms with Crippen LogP contribution in [0.5, 0.6) is 0 Å². The largest absolute Gasteiger partial charge is 0.348 e. The smallest absolute Gasteiger partial charge is 0.264 e. The zero-order valence-corrected chi connectivity index (χ0v) is 18.6. The van der Waals surface area contributed by atoms with Crippen molar-refractivity contribution in [2.75, 3.05) is 10.8 Å². The molecule has 31 heavy (non-hydrogen) atoms. The highest BCUT2D eigenvalue weighted by molar-refractivity contribution is 7.92. The Labute approximate surface area is 184 Å². The highest BCUT2D eigenvalue weighted by Crippen LogP contribution is 2.24. The van der Waals surface area contributed by atoms with Crippen molar-refractivity contribution in [2.24, 2.45) is 5.92 Å². The number of anilines is 1. The minimum atomic E-state index is -3.90. The Morgan fingerprint density at radius 2 is 1.35 bits per heavy atom. The topological polar surface area (TPSA) is 66.5 Å². The van der Waals surface area contributed by atoms with Gasteiger partial charge in [-0.05, 0) is 42.2 Å². The summed E-state index contributed by atoms with van der Waals surface area (Å²) in [6.45, 7) is 3.89. The van der Waals surface area contributed by atoms with Crippen LogP contribution in [0.2, 0.25) is 0 Å². The van der Waals surface area contributed by atoms with Crippen molar-refractivity contribution >= 4 is 21.6 Å². The van der Waals surface area contributed by atoms with Crippen LogP contribution >= 0.6 is 0 Å². The van der Waals surface area contributed by atoms with E-state index in [1.54, 1.807) is 42.5 Å². The first-order valence-corrected chi connectivity index (χ1v) is 11.8. The molecular weight excluding hydrogens is 408 g/mol. The van der Waals surface area contributed by atoms with Gasteiger partial charge in [-0.3, -0.25) is 9.10 Å². The Hall–Kier alpha value is -3.12. The second-order valence-electron chi connectivity index (χ2n) is 7.82. The van der Waals surface area contributed by atoms with Gasteiger partial charge in [0.1, 0.15) is 6.54 Å². The third-order valence-electron chi connectivity index (χ3n) is 4.91. The highest BCUT2D eigenvalue weighted by Gasteiger charge is 2.28. The predicted molar refractivity (Wildman–Crippen MR) is 124 cm³/mol. The van der Waals surface area contributed by atoms with Gasteiger partial charge in [0.2, 0.25) is 5.91 Å². The van der Waals surface area contributed by atoms with Crippen LogP contribution in [-0.2, 0) is 14.8 Å². The number of nitrogens with one attached hydrogen (secondary N) is 1. The Morgan fingerprint density at radius 3 is 1.90 bits per heavy atom. The summed E-state index contributed by atoms with van der Waals surface area (Å²) >= 11 is 0. The molecule has 162 valence electrons. The number of sulfonamides is 1. The van der Waals surface area contributed by atoms with E-state index < -0.39 is 10.0 Å². The lowest BCUT2D eigenvalue weighted by molar-refractivity contribution is -0.120. The van der Waals surface area contributed by atoms with Gasteiger partial charge >= 0.3 is 0 Å². The lowest BCUT2D eigenvalue weighted by Crippen LogP contribution is -2.42. The van der Waals surface area contributed by atoms with Gasteiger partial charge in [0.05, 0.1) is 16.6 Å². The first kappa shape index (κ1) is 22.6. The van der Waals surface area contributed by atoms with Crippen LogP contribution < -0.4 is 9.62 Å². The molecule has 0 heterocycles. The molecule has 0 bridgehead atoms. The Morgan fingerprint density at radius 1 is 0.839 bits per heavy atom. The van der Waals surface area contributed by atoms with Crippen LogP contribution in [0, 0.1) is 5.92 Å². The van der Waals surface area contributed by atoms with Gasteiger partial charge in [-0.2, -0.15) is 0 Å². The zero-order valence-electron chi connectivity index (χ0n) is 17.8. The van der Waals surface area contributed by atoms with E-state index in [9.17, 15) is 13.2 Å². The molecule has 3 rings (SSSR count). The van der Waals surface area contributed by atoms with E-state index in [0.717, 1.165) is 16.3 Å². The van der Waals surface area contributed by atoms with Crippen LogP contribution in [0.15, 0.2) is 95.9 Å². The van der Waals surface area contributed by atoms with Gasteiger partial charge in [0.25, 0.3) is 10.0 Å². The fourth-order valence-corrected chi connectivity index (χ4v) is 4.88. The summed E-state index contributed by atoms with van der Waals surface area (Å²) in [6, 6.07) is 26.4. The molecule has 1 unspecified atom stereocenters. The monoisotopic (exact) mass is 436 g/mol. The van der Waals surface area contributed by atoms with Crippen LogP contribution in [0.25, 0.3) is 0 Å². The summed E-state index contributed by atoms with van der Waals surface area (Å²) in [5.41, 5.74) is 1.45. The van der Waals surface area contributed by atoms with E-state index in [1.165, 1.54) is 12.1 Å². The number of para-hydroxylation sites is 1. The van der Waals surface area contributed by atoms with Gasteiger partial charge in [0.15, 0.2) is 0 Å².